The van der Waals surface area contributed by atoms with E-state index in [1.165, 1.54) is 0 Å². The van der Waals surface area contributed by atoms with Gasteiger partial charge in [0, 0.05) is 22.7 Å². The number of para-hydroxylation sites is 2. The van der Waals surface area contributed by atoms with Gasteiger partial charge in [-0.25, -0.2) is 4.98 Å². The summed E-state index contributed by atoms with van der Waals surface area (Å²) in [7, 11) is 0. The van der Waals surface area contributed by atoms with Gasteiger partial charge in [-0.05, 0) is 30.3 Å². The summed E-state index contributed by atoms with van der Waals surface area (Å²) in [5, 5.41) is 3.70. The van der Waals surface area contributed by atoms with E-state index in [1.54, 1.807) is 6.07 Å². The summed E-state index contributed by atoms with van der Waals surface area (Å²) in [6.07, 6.45) is 1.82. The van der Waals surface area contributed by atoms with Gasteiger partial charge in [0.05, 0.1) is 11.0 Å². The fourth-order valence-corrected chi connectivity index (χ4v) is 2.47. The molecule has 2 aromatic heterocycles. The molecule has 0 atom stereocenters. The first-order valence-electron chi connectivity index (χ1n) is 6.63. The molecule has 0 saturated carbocycles. The van der Waals surface area contributed by atoms with Crippen LogP contribution in [0.5, 0.6) is 0 Å². The highest BCUT2D eigenvalue weighted by Crippen LogP contribution is 2.19. The Morgan fingerprint density at radius 2 is 1.86 bits per heavy atom. The quantitative estimate of drug-likeness (QED) is 0.525. The number of nitrogens with zero attached hydrogens (tertiary/aromatic N) is 1. The Morgan fingerprint density at radius 3 is 2.76 bits per heavy atom. The number of nitrogens with one attached hydrogen (secondary N) is 3. The largest absolute Gasteiger partial charge is 0.361 e. The van der Waals surface area contributed by atoms with Crippen molar-refractivity contribution in [3.05, 3.63) is 60.3 Å². The number of anilines is 1. The van der Waals surface area contributed by atoms with Gasteiger partial charge >= 0.3 is 0 Å². The first-order valence-corrected chi connectivity index (χ1v) is 6.63. The molecule has 0 spiro atoms. The zero-order valence-electron chi connectivity index (χ0n) is 11.1. The molecule has 0 aliphatic rings. The lowest BCUT2D eigenvalue weighted by molar-refractivity contribution is 0.102. The van der Waals surface area contributed by atoms with E-state index in [1.807, 2.05) is 48.7 Å². The van der Waals surface area contributed by atoms with Crippen LogP contribution >= 0.6 is 0 Å². The maximum Gasteiger partial charge on any atom is 0.258 e. The molecule has 0 aliphatic carbocycles. The normalized spacial score (nSPS) is 11.0. The van der Waals surface area contributed by atoms with Crippen molar-refractivity contribution < 1.29 is 4.79 Å². The van der Waals surface area contributed by atoms with Gasteiger partial charge in [-0.2, -0.15) is 0 Å². The van der Waals surface area contributed by atoms with Crippen molar-refractivity contribution in [2.24, 2.45) is 0 Å². The van der Waals surface area contributed by atoms with Gasteiger partial charge < -0.3 is 9.97 Å². The second-order valence-electron chi connectivity index (χ2n) is 4.80. The third-order valence-corrected chi connectivity index (χ3v) is 3.46. The van der Waals surface area contributed by atoms with Gasteiger partial charge in [-0.15, -0.1) is 0 Å². The van der Waals surface area contributed by atoms with Crippen LogP contribution in [0, 0.1) is 0 Å². The second kappa shape index (κ2) is 4.49. The number of aromatic nitrogens is 3. The Labute approximate surface area is 120 Å². The average Bonchev–Trinajstić information content (AvgIpc) is 3.12. The van der Waals surface area contributed by atoms with Crippen molar-refractivity contribution in [1.29, 1.82) is 0 Å². The Kier molecular flexibility index (Phi) is 2.50. The van der Waals surface area contributed by atoms with E-state index in [9.17, 15) is 4.79 Å². The fourth-order valence-electron chi connectivity index (χ4n) is 2.47. The molecule has 4 rings (SSSR count). The maximum atomic E-state index is 12.4. The molecule has 2 aromatic carbocycles. The van der Waals surface area contributed by atoms with Crippen LogP contribution in [-0.4, -0.2) is 20.9 Å². The topological polar surface area (TPSA) is 73.6 Å². The SMILES string of the molecule is O=C(Nc1nc2ccccc2[nH]1)c1cccc2[nH]ccc12. The Hall–Kier alpha value is -3.08. The second-order valence-corrected chi connectivity index (χ2v) is 4.80. The Balaban J connectivity index is 1.70. The zero-order valence-corrected chi connectivity index (χ0v) is 11.1. The zero-order chi connectivity index (χ0) is 14.2. The van der Waals surface area contributed by atoms with Crippen molar-refractivity contribution in [2.45, 2.75) is 0 Å². The standard InChI is InChI=1S/C16H12N4O/c21-15(11-4-3-7-12-10(11)8-9-17-12)20-16-18-13-5-1-2-6-14(13)19-16/h1-9,17H,(H2,18,19,20,21). The first-order chi connectivity index (χ1) is 10.3. The molecule has 0 radical (unpaired) electrons. The summed E-state index contributed by atoms with van der Waals surface area (Å²) in [5.74, 6) is 0.271. The number of hydrogen-bond donors (Lipinski definition) is 3. The van der Waals surface area contributed by atoms with Crippen LogP contribution in [0.25, 0.3) is 21.9 Å². The molecular formula is C16H12N4O. The van der Waals surface area contributed by atoms with E-state index in [4.69, 9.17) is 0 Å². The van der Waals surface area contributed by atoms with E-state index in [0.717, 1.165) is 21.9 Å². The van der Waals surface area contributed by atoms with Crippen LogP contribution < -0.4 is 5.32 Å². The van der Waals surface area contributed by atoms with Gasteiger partial charge in [0.15, 0.2) is 0 Å². The highest BCUT2D eigenvalue weighted by molar-refractivity contribution is 6.12. The summed E-state index contributed by atoms with van der Waals surface area (Å²) in [6.45, 7) is 0. The minimum absolute atomic E-state index is 0.181. The van der Waals surface area contributed by atoms with E-state index in [0.29, 0.717) is 11.5 Å². The molecule has 2 heterocycles. The molecule has 5 nitrogen and oxygen atoms in total. The molecular weight excluding hydrogens is 264 g/mol. The number of fused-ring (bicyclic) bond motifs is 2. The van der Waals surface area contributed by atoms with E-state index < -0.39 is 0 Å². The lowest BCUT2D eigenvalue weighted by atomic mass is 10.1. The smallest absolute Gasteiger partial charge is 0.258 e. The lowest BCUT2D eigenvalue weighted by Crippen LogP contribution is -2.13. The molecule has 0 aliphatic heterocycles. The Morgan fingerprint density at radius 1 is 1.00 bits per heavy atom. The number of hydrogen-bond acceptors (Lipinski definition) is 2. The van der Waals surface area contributed by atoms with Crippen LogP contribution in [0.3, 0.4) is 0 Å². The number of amides is 1. The summed E-state index contributed by atoms with van der Waals surface area (Å²) < 4.78 is 0. The van der Waals surface area contributed by atoms with Crippen LogP contribution in [0.2, 0.25) is 0 Å². The molecule has 0 unspecified atom stereocenters. The Bertz CT molecular complexity index is 918. The van der Waals surface area contributed by atoms with E-state index in [2.05, 4.69) is 20.3 Å². The van der Waals surface area contributed by atoms with Crippen molar-refractivity contribution in [1.82, 2.24) is 15.0 Å². The van der Waals surface area contributed by atoms with Gasteiger partial charge in [0.2, 0.25) is 5.95 Å². The monoisotopic (exact) mass is 276 g/mol. The van der Waals surface area contributed by atoms with Crippen LogP contribution in [-0.2, 0) is 0 Å². The van der Waals surface area contributed by atoms with Crippen molar-refractivity contribution in [3.63, 3.8) is 0 Å². The third-order valence-electron chi connectivity index (χ3n) is 3.46. The number of imidazole rings is 1. The molecule has 4 aromatic rings. The third kappa shape index (κ3) is 1.95. The molecule has 1 amide bonds. The summed E-state index contributed by atoms with van der Waals surface area (Å²) in [5.41, 5.74) is 3.28. The number of H-pyrrole nitrogens is 2. The van der Waals surface area contributed by atoms with Crippen molar-refractivity contribution in [3.8, 4) is 0 Å². The van der Waals surface area contributed by atoms with Crippen molar-refractivity contribution >= 4 is 33.8 Å². The van der Waals surface area contributed by atoms with E-state index in [-0.39, 0.29) is 5.91 Å². The van der Waals surface area contributed by atoms with Crippen molar-refractivity contribution in [2.75, 3.05) is 5.32 Å². The highest BCUT2D eigenvalue weighted by Gasteiger charge is 2.12. The number of benzene rings is 2. The fraction of sp³-hybridized carbons (Fsp3) is 0. The predicted molar refractivity (Wildman–Crippen MR) is 82.3 cm³/mol. The highest BCUT2D eigenvalue weighted by atomic mass is 16.1. The van der Waals surface area contributed by atoms with Gasteiger partial charge in [-0.3, -0.25) is 10.1 Å². The lowest BCUT2D eigenvalue weighted by Gasteiger charge is -2.03. The van der Waals surface area contributed by atoms with Crippen LogP contribution in [0.1, 0.15) is 10.4 Å². The number of carbonyl (C=O) groups excluding carboxylic acids is 1. The summed E-state index contributed by atoms with van der Waals surface area (Å²) in [6, 6.07) is 15.1. The minimum atomic E-state index is -0.181. The van der Waals surface area contributed by atoms with Crippen LogP contribution in [0.15, 0.2) is 54.7 Å². The van der Waals surface area contributed by atoms with Gasteiger partial charge in [0.25, 0.3) is 5.91 Å². The van der Waals surface area contributed by atoms with Crippen LogP contribution in [0.4, 0.5) is 5.95 Å². The molecule has 3 N–H and O–H groups in total. The van der Waals surface area contributed by atoms with Gasteiger partial charge in [-0.1, -0.05) is 18.2 Å². The molecule has 0 saturated heterocycles. The first kappa shape index (κ1) is 11.7. The summed E-state index contributed by atoms with van der Waals surface area (Å²) in [4.78, 5) is 23.0. The number of rotatable bonds is 2. The minimum Gasteiger partial charge on any atom is -0.361 e. The predicted octanol–water partition coefficient (Wildman–Crippen LogP) is 3.30. The molecule has 0 fully saturated rings. The average molecular weight is 276 g/mol. The number of carbonyl (C=O) groups is 1. The molecule has 0 bridgehead atoms. The summed E-state index contributed by atoms with van der Waals surface area (Å²) >= 11 is 0. The van der Waals surface area contributed by atoms with E-state index >= 15 is 0 Å². The van der Waals surface area contributed by atoms with Gasteiger partial charge in [0.1, 0.15) is 0 Å². The number of aromatic amines is 2. The molecule has 102 valence electrons. The molecule has 5 heteroatoms. The molecule has 21 heavy (non-hydrogen) atoms. The maximum absolute atomic E-state index is 12.4.